The summed E-state index contributed by atoms with van der Waals surface area (Å²) >= 11 is 0. The van der Waals surface area contributed by atoms with Crippen molar-refractivity contribution in [2.45, 2.75) is 0 Å². The Balaban J connectivity index is 1.81. The van der Waals surface area contributed by atoms with E-state index in [0.717, 1.165) is 42.4 Å². The Morgan fingerprint density at radius 2 is 2.00 bits per heavy atom. The van der Waals surface area contributed by atoms with E-state index in [4.69, 9.17) is 0 Å². The van der Waals surface area contributed by atoms with Crippen LogP contribution in [0.4, 0.5) is 5.69 Å². The van der Waals surface area contributed by atoms with Gasteiger partial charge in [-0.25, -0.2) is 0 Å². The van der Waals surface area contributed by atoms with Crippen molar-refractivity contribution in [3.63, 3.8) is 0 Å². The lowest BCUT2D eigenvalue weighted by atomic mass is 10.1. The van der Waals surface area contributed by atoms with E-state index in [0.29, 0.717) is 0 Å². The second-order valence-electron chi connectivity index (χ2n) is 4.37. The first-order chi connectivity index (χ1) is 9.43. The summed E-state index contributed by atoms with van der Waals surface area (Å²) in [5, 5.41) is 6.68. The molecule has 1 aliphatic rings. The third kappa shape index (κ3) is 2.73. The van der Waals surface area contributed by atoms with Crippen molar-refractivity contribution in [2.24, 2.45) is 4.99 Å². The van der Waals surface area contributed by atoms with E-state index in [1.807, 2.05) is 36.5 Å². The molecule has 1 aromatic carbocycles. The fourth-order valence-electron chi connectivity index (χ4n) is 2.13. The standard InChI is InChI=1S/C15H16N4/c1-2-6-14(19-11-15-17-9-10-18-15)12(5-1)13-7-3-4-8-16-13/h1-8,19H,9-11H2,(H,17,18). The van der Waals surface area contributed by atoms with E-state index >= 15 is 0 Å². The number of nitrogens with zero attached hydrogens (tertiary/aromatic N) is 2. The Kier molecular flexibility index (Phi) is 3.40. The number of benzene rings is 1. The summed E-state index contributed by atoms with van der Waals surface area (Å²) in [4.78, 5) is 8.78. The van der Waals surface area contributed by atoms with Gasteiger partial charge in [-0.3, -0.25) is 9.98 Å². The Bertz CT molecular complexity index is 578. The second-order valence-corrected chi connectivity index (χ2v) is 4.37. The van der Waals surface area contributed by atoms with Crippen LogP contribution in [-0.2, 0) is 0 Å². The molecule has 0 bridgehead atoms. The number of pyridine rings is 1. The molecule has 3 rings (SSSR count). The largest absolute Gasteiger partial charge is 0.377 e. The second kappa shape index (κ2) is 5.52. The number of hydrogen-bond acceptors (Lipinski definition) is 4. The summed E-state index contributed by atoms with van der Waals surface area (Å²) in [6.07, 6.45) is 1.81. The third-order valence-electron chi connectivity index (χ3n) is 3.06. The van der Waals surface area contributed by atoms with Crippen LogP contribution in [0.1, 0.15) is 0 Å². The van der Waals surface area contributed by atoms with Crippen LogP contribution in [0.5, 0.6) is 0 Å². The van der Waals surface area contributed by atoms with Crippen LogP contribution in [-0.4, -0.2) is 30.5 Å². The van der Waals surface area contributed by atoms with Gasteiger partial charge in [-0.05, 0) is 18.2 Å². The molecule has 2 N–H and O–H groups in total. The minimum absolute atomic E-state index is 0.726. The maximum atomic E-state index is 4.40. The van der Waals surface area contributed by atoms with Gasteiger partial charge in [0.15, 0.2) is 0 Å². The van der Waals surface area contributed by atoms with Gasteiger partial charge in [0.1, 0.15) is 5.84 Å². The highest BCUT2D eigenvalue weighted by atomic mass is 15.1. The Labute approximate surface area is 112 Å². The van der Waals surface area contributed by atoms with Gasteiger partial charge in [-0.15, -0.1) is 0 Å². The van der Waals surface area contributed by atoms with Crippen molar-refractivity contribution in [3.05, 3.63) is 48.7 Å². The minimum Gasteiger partial charge on any atom is -0.377 e. The fourth-order valence-corrected chi connectivity index (χ4v) is 2.13. The quantitative estimate of drug-likeness (QED) is 0.876. The van der Waals surface area contributed by atoms with Crippen LogP contribution in [0.25, 0.3) is 11.3 Å². The summed E-state index contributed by atoms with van der Waals surface area (Å²) in [5.74, 6) is 1.02. The molecule has 0 unspecified atom stereocenters. The number of aromatic nitrogens is 1. The number of para-hydroxylation sites is 1. The number of nitrogens with one attached hydrogen (secondary N) is 2. The maximum Gasteiger partial charge on any atom is 0.116 e. The van der Waals surface area contributed by atoms with E-state index in [1.165, 1.54) is 0 Å². The van der Waals surface area contributed by atoms with Gasteiger partial charge in [-0.1, -0.05) is 24.3 Å². The average Bonchev–Trinajstić information content (AvgIpc) is 3.00. The fraction of sp³-hybridized carbons (Fsp3) is 0.200. The first kappa shape index (κ1) is 11.7. The van der Waals surface area contributed by atoms with Gasteiger partial charge in [0, 0.05) is 24.0 Å². The Morgan fingerprint density at radius 1 is 1.11 bits per heavy atom. The topological polar surface area (TPSA) is 49.3 Å². The highest BCUT2D eigenvalue weighted by molar-refractivity contribution is 5.88. The molecule has 2 aromatic rings. The first-order valence-corrected chi connectivity index (χ1v) is 6.45. The predicted octanol–water partition coefficient (Wildman–Crippen LogP) is 2.16. The van der Waals surface area contributed by atoms with Crippen LogP contribution in [0.15, 0.2) is 53.7 Å². The summed E-state index contributed by atoms with van der Waals surface area (Å²) in [5.41, 5.74) is 3.17. The summed E-state index contributed by atoms with van der Waals surface area (Å²) in [6.45, 7) is 2.54. The van der Waals surface area contributed by atoms with Crippen LogP contribution in [0, 0.1) is 0 Å². The first-order valence-electron chi connectivity index (χ1n) is 6.45. The van der Waals surface area contributed by atoms with Crippen molar-refractivity contribution in [3.8, 4) is 11.3 Å². The Hall–Kier alpha value is -2.36. The van der Waals surface area contributed by atoms with E-state index in [2.05, 4.69) is 32.7 Å². The maximum absolute atomic E-state index is 4.40. The van der Waals surface area contributed by atoms with Crippen molar-refractivity contribution >= 4 is 11.5 Å². The third-order valence-corrected chi connectivity index (χ3v) is 3.06. The molecule has 1 aromatic heterocycles. The predicted molar refractivity (Wildman–Crippen MR) is 78.5 cm³/mol. The van der Waals surface area contributed by atoms with Gasteiger partial charge in [0.2, 0.25) is 0 Å². The molecule has 0 fully saturated rings. The van der Waals surface area contributed by atoms with Crippen molar-refractivity contribution in [1.82, 2.24) is 10.3 Å². The lowest BCUT2D eigenvalue weighted by Gasteiger charge is -2.11. The number of rotatable bonds is 4. The van der Waals surface area contributed by atoms with Gasteiger partial charge < -0.3 is 10.6 Å². The zero-order valence-corrected chi connectivity index (χ0v) is 10.6. The van der Waals surface area contributed by atoms with Crippen molar-refractivity contribution < 1.29 is 0 Å². The molecule has 1 aliphatic heterocycles. The molecular weight excluding hydrogens is 236 g/mol. The molecule has 4 nitrogen and oxygen atoms in total. The number of aliphatic imine (C=N–C) groups is 1. The average molecular weight is 252 g/mol. The van der Waals surface area contributed by atoms with Gasteiger partial charge in [-0.2, -0.15) is 0 Å². The molecule has 0 amide bonds. The van der Waals surface area contributed by atoms with E-state index in [1.54, 1.807) is 0 Å². The van der Waals surface area contributed by atoms with Gasteiger partial charge in [0.25, 0.3) is 0 Å². The summed E-state index contributed by atoms with van der Waals surface area (Å²) < 4.78 is 0. The number of amidine groups is 1. The van der Waals surface area contributed by atoms with E-state index in [9.17, 15) is 0 Å². The molecule has 0 saturated carbocycles. The highest BCUT2D eigenvalue weighted by Gasteiger charge is 2.08. The molecular formula is C15H16N4. The van der Waals surface area contributed by atoms with Gasteiger partial charge in [0.05, 0.1) is 18.8 Å². The van der Waals surface area contributed by atoms with Crippen LogP contribution < -0.4 is 10.6 Å². The summed E-state index contributed by atoms with van der Waals surface area (Å²) in [7, 11) is 0. The zero-order chi connectivity index (χ0) is 12.9. The molecule has 2 heterocycles. The molecule has 0 atom stereocenters. The monoisotopic (exact) mass is 252 g/mol. The van der Waals surface area contributed by atoms with Gasteiger partial charge >= 0.3 is 0 Å². The highest BCUT2D eigenvalue weighted by Crippen LogP contribution is 2.25. The SMILES string of the molecule is c1ccc(-c2ccccc2NCC2=NCCN2)nc1. The number of hydrogen-bond donors (Lipinski definition) is 2. The molecule has 4 heteroatoms. The van der Waals surface area contributed by atoms with Crippen molar-refractivity contribution in [1.29, 1.82) is 0 Å². The lowest BCUT2D eigenvalue weighted by molar-refractivity contribution is 0.956. The van der Waals surface area contributed by atoms with Crippen LogP contribution in [0.3, 0.4) is 0 Å². The molecule has 0 spiro atoms. The minimum atomic E-state index is 0.726. The molecule has 19 heavy (non-hydrogen) atoms. The lowest BCUT2D eigenvalue weighted by Crippen LogP contribution is -2.26. The molecule has 96 valence electrons. The number of anilines is 1. The Morgan fingerprint density at radius 3 is 2.79 bits per heavy atom. The van der Waals surface area contributed by atoms with E-state index in [-0.39, 0.29) is 0 Å². The van der Waals surface area contributed by atoms with E-state index < -0.39 is 0 Å². The van der Waals surface area contributed by atoms with Crippen molar-refractivity contribution in [2.75, 3.05) is 25.0 Å². The molecule has 0 aliphatic carbocycles. The smallest absolute Gasteiger partial charge is 0.116 e. The zero-order valence-electron chi connectivity index (χ0n) is 10.6. The normalized spacial score (nSPS) is 13.8. The summed E-state index contributed by atoms with van der Waals surface area (Å²) in [6, 6.07) is 14.2. The molecule has 0 radical (unpaired) electrons. The van der Waals surface area contributed by atoms with Crippen LogP contribution >= 0.6 is 0 Å². The van der Waals surface area contributed by atoms with Crippen LogP contribution in [0.2, 0.25) is 0 Å². The molecule has 0 saturated heterocycles.